The summed E-state index contributed by atoms with van der Waals surface area (Å²) >= 11 is 3.47. The standard InChI is InChI=1S/C14H22BrNO3S/c1-10(2)20(17,18)7-6-19-13-4-5-14(15)12(9-13)8-11(3)16/h4-5,9-11H,6-8,16H2,1-3H3. The van der Waals surface area contributed by atoms with E-state index in [2.05, 4.69) is 15.9 Å². The van der Waals surface area contributed by atoms with Crippen LogP contribution >= 0.6 is 15.9 Å². The highest BCUT2D eigenvalue weighted by atomic mass is 79.9. The van der Waals surface area contributed by atoms with Crippen LogP contribution in [0.25, 0.3) is 0 Å². The lowest BCUT2D eigenvalue weighted by Gasteiger charge is -2.12. The highest BCUT2D eigenvalue weighted by Crippen LogP contribution is 2.23. The molecule has 1 aromatic rings. The monoisotopic (exact) mass is 363 g/mol. The van der Waals surface area contributed by atoms with Crippen LogP contribution in [0.15, 0.2) is 22.7 Å². The molecule has 20 heavy (non-hydrogen) atoms. The van der Waals surface area contributed by atoms with E-state index in [1.54, 1.807) is 13.8 Å². The molecule has 0 aliphatic carbocycles. The van der Waals surface area contributed by atoms with Crippen molar-refractivity contribution < 1.29 is 13.2 Å². The van der Waals surface area contributed by atoms with Crippen molar-refractivity contribution in [1.82, 2.24) is 0 Å². The molecule has 114 valence electrons. The lowest BCUT2D eigenvalue weighted by atomic mass is 10.1. The van der Waals surface area contributed by atoms with Crippen molar-refractivity contribution in [3.05, 3.63) is 28.2 Å². The van der Waals surface area contributed by atoms with E-state index in [0.717, 1.165) is 16.5 Å². The summed E-state index contributed by atoms with van der Waals surface area (Å²) in [6.07, 6.45) is 0.738. The van der Waals surface area contributed by atoms with Gasteiger partial charge >= 0.3 is 0 Å². The average Bonchev–Trinajstić information content (AvgIpc) is 2.32. The lowest BCUT2D eigenvalue weighted by Crippen LogP contribution is -2.22. The molecule has 0 amide bonds. The SMILES string of the molecule is CC(N)Cc1cc(OCCS(=O)(=O)C(C)C)ccc1Br. The Balaban J connectivity index is 2.65. The van der Waals surface area contributed by atoms with Gasteiger partial charge in [-0.1, -0.05) is 15.9 Å². The molecule has 0 aliphatic rings. The molecule has 0 aromatic heterocycles. The van der Waals surface area contributed by atoms with Crippen LogP contribution < -0.4 is 10.5 Å². The molecule has 0 spiro atoms. The predicted octanol–water partition coefficient (Wildman–Crippen LogP) is 2.54. The second-order valence-corrected chi connectivity index (χ2v) is 8.73. The van der Waals surface area contributed by atoms with Crippen molar-refractivity contribution in [2.45, 2.75) is 38.5 Å². The summed E-state index contributed by atoms with van der Waals surface area (Å²) in [5.41, 5.74) is 6.85. The van der Waals surface area contributed by atoms with Crippen LogP contribution in [0, 0.1) is 0 Å². The number of hydrogen-bond donors (Lipinski definition) is 1. The van der Waals surface area contributed by atoms with Gasteiger partial charge in [-0.25, -0.2) is 8.42 Å². The van der Waals surface area contributed by atoms with Crippen LogP contribution in [0.5, 0.6) is 5.75 Å². The summed E-state index contributed by atoms with van der Waals surface area (Å²) in [6.45, 7) is 5.46. The Morgan fingerprint density at radius 2 is 1.95 bits per heavy atom. The van der Waals surface area contributed by atoms with E-state index >= 15 is 0 Å². The summed E-state index contributed by atoms with van der Waals surface area (Å²) in [7, 11) is -3.06. The fourth-order valence-electron chi connectivity index (χ4n) is 1.66. The Bertz CT molecular complexity index is 541. The first-order valence-electron chi connectivity index (χ1n) is 6.60. The smallest absolute Gasteiger partial charge is 0.155 e. The summed E-state index contributed by atoms with van der Waals surface area (Å²) in [6, 6.07) is 5.67. The molecule has 1 atom stereocenters. The van der Waals surface area contributed by atoms with Crippen LogP contribution in [0.3, 0.4) is 0 Å². The lowest BCUT2D eigenvalue weighted by molar-refractivity contribution is 0.340. The highest BCUT2D eigenvalue weighted by molar-refractivity contribution is 9.10. The molecule has 1 unspecified atom stereocenters. The number of hydrogen-bond acceptors (Lipinski definition) is 4. The maximum atomic E-state index is 11.7. The Morgan fingerprint density at radius 3 is 2.50 bits per heavy atom. The second kappa shape index (κ2) is 7.43. The maximum Gasteiger partial charge on any atom is 0.155 e. The Labute approximate surface area is 129 Å². The van der Waals surface area contributed by atoms with Gasteiger partial charge in [0.15, 0.2) is 9.84 Å². The fraction of sp³-hybridized carbons (Fsp3) is 0.571. The first-order chi connectivity index (χ1) is 9.22. The molecule has 0 saturated carbocycles. The third-order valence-electron chi connectivity index (χ3n) is 2.91. The van der Waals surface area contributed by atoms with E-state index in [9.17, 15) is 8.42 Å². The molecule has 4 nitrogen and oxygen atoms in total. The van der Waals surface area contributed by atoms with Crippen LogP contribution in [-0.4, -0.2) is 32.1 Å². The maximum absolute atomic E-state index is 11.7. The van der Waals surface area contributed by atoms with Gasteiger partial charge < -0.3 is 10.5 Å². The molecule has 0 saturated heterocycles. The molecule has 0 radical (unpaired) electrons. The minimum Gasteiger partial charge on any atom is -0.493 e. The van der Waals surface area contributed by atoms with Gasteiger partial charge in [0.05, 0.1) is 11.0 Å². The molecule has 6 heteroatoms. The Hall–Kier alpha value is -0.590. The molecule has 1 aromatic carbocycles. The number of sulfone groups is 1. The van der Waals surface area contributed by atoms with Gasteiger partial charge in [0.25, 0.3) is 0 Å². The van der Waals surface area contributed by atoms with Crippen molar-refractivity contribution in [3.63, 3.8) is 0 Å². The van der Waals surface area contributed by atoms with Crippen LogP contribution in [0.4, 0.5) is 0 Å². The van der Waals surface area contributed by atoms with Crippen LogP contribution in [-0.2, 0) is 16.3 Å². The van der Waals surface area contributed by atoms with Gasteiger partial charge in [-0.15, -0.1) is 0 Å². The summed E-state index contributed by atoms with van der Waals surface area (Å²) < 4.78 is 29.9. The molecular weight excluding hydrogens is 342 g/mol. The molecule has 0 fully saturated rings. The van der Waals surface area contributed by atoms with Crippen molar-refractivity contribution in [3.8, 4) is 5.75 Å². The van der Waals surface area contributed by atoms with E-state index in [0.29, 0.717) is 5.75 Å². The van der Waals surface area contributed by atoms with E-state index in [4.69, 9.17) is 10.5 Å². The average molecular weight is 364 g/mol. The topological polar surface area (TPSA) is 69.4 Å². The van der Waals surface area contributed by atoms with E-state index < -0.39 is 9.84 Å². The largest absolute Gasteiger partial charge is 0.493 e. The zero-order chi connectivity index (χ0) is 15.3. The third-order valence-corrected chi connectivity index (χ3v) is 5.86. The second-order valence-electron chi connectivity index (χ2n) is 5.20. The number of rotatable bonds is 7. The van der Waals surface area contributed by atoms with Gasteiger partial charge in [0, 0.05) is 10.5 Å². The van der Waals surface area contributed by atoms with Crippen molar-refractivity contribution >= 4 is 25.8 Å². The number of nitrogens with two attached hydrogens (primary N) is 1. The first-order valence-corrected chi connectivity index (χ1v) is 9.11. The number of benzene rings is 1. The molecule has 1 rings (SSSR count). The molecule has 2 N–H and O–H groups in total. The van der Waals surface area contributed by atoms with Gasteiger partial charge in [-0.3, -0.25) is 0 Å². The summed E-state index contributed by atoms with van der Waals surface area (Å²) in [5.74, 6) is 0.700. The van der Waals surface area contributed by atoms with Crippen molar-refractivity contribution in [2.24, 2.45) is 5.73 Å². The number of ether oxygens (including phenoxy) is 1. The van der Waals surface area contributed by atoms with Crippen LogP contribution in [0.1, 0.15) is 26.3 Å². The quantitative estimate of drug-likeness (QED) is 0.807. The molecule has 0 bridgehead atoms. The normalized spacial score (nSPS) is 13.5. The third kappa shape index (κ3) is 5.42. The molecular formula is C14H22BrNO3S. The minimum absolute atomic E-state index is 0.0311. The zero-order valence-electron chi connectivity index (χ0n) is 12.1. The minimum atomic E-state index is -3.06. The van der Waals surface area contributed by atoms with Crippen LogP contribution in [0.2, 0.25) is 0 Å². The zero-order valence-corrected chi connectivity index (χ0v) is 14.5. The highest BCUT2D eigenvalue weighted by Gasteiger charge is 2.16. The van der Waals surface area contributed by atoms with Crippen molar-refractivity contribution in [1.29, 1.82) is 0 Å². The van der Waals surface area contributed by atoms with E-state index in [-0.39, 0.29) is 23.7 Å². The molecule has 0 aliphatic heterocycles. The van der Waals surface area contributed by atoms with Gasteiger partial charge in [-0.2, -0.15) is 0 Å². The summed E-state index contributed by atoms with van der Waals surface area (Å²) in [5, 5.41) is -0.371. The van der Waals surface area contributed by atoms with Gasteiger partial charge in [-0.05, 0) is 51.0 Å². The fourth-order valence-corrected chi connectivity index (χ4v) is 2.85. The first kappa shape index (κ1) is 17.5. The van der Waals surface area contributed by atoms with Gasteiger partial charge in [0.2, 0.25) is 0 Å². The van der Waals surface area contributed by atoms with Gasteiger partial charge in [0.1, 0.15) is 12.4 Å². The Kier molecular flexibility index (Phi) is 6.48. The predicted molar refractivity (Wildman–Crippen MR) is 85.9 cm³/mol. The van der Waals surface area contributed by atoms with E-state index in [1.165, 1.54) is 0 Å². The van der Waals surface area contributed by atoms with E-state index in [1.807, 2.05) is 25.1 Å². The Morgan fingerprint density at radius 1 is 1.30 bits per heavy atom. The summed E-state index contributed by atoms with van der Waals surface area (Å²) in [4.78, 5) is 0. The van der Waals surface area contributed by atoms with Crippen molar-refractivity contribution in [2.75, 3.05) is 12.4 Å². The molecule has 0 heterocycles. The number of halogens is 1.